The number of hydrogen-bond donors (Lipinski definition) is 1. The molecule has 17 heavy (non-hydrogen) atoms. The minimum atomic E-state index is -0.664. The van der Waals surface area contributed by atoms with Gasteiger partial charge in [0.25, 0.3) is 0 Å². The van der Waals surface area contributed by atoms with Crippen LogP contribution in [0.25, 0.3) is 0 Å². The largest absolute Gasteiger partial charge is 0.384 e. The van der Waals surface area contributed by atoms with Crippen molar-refractivity contribution in [3.05, 3.63) is 68.7 Å². The van der Waals surface area contributed by atoms with Gasteiger partial charge in [-0.25, -0.2) is 0 Å². The molecule has 2 aromatic carbocycles. The number of benzene rings is 2. The van der Waals surface area contributed by atoms with E-state index in [0.29, 0.717) is 5.02 Å². The van der Waals surface area contributed by atoms with Crippen molar-refractivity contribution >= 4 is 27.5 Å². The third-order valence-corrected chi connectivity index (χ3v) is 3.57. The summed E-state index contributed by atoms with van der Waals surface area (Å²) in [6, 6.07) is 13.2. The Labute approximate surface area is 114 Å². The average molecular weight is 312 g/mol. The Morgan fingerprint density at radius 1 is 1.18 bits per heavy atom. The third kappa shape index (κ3) is 2.89. The summed E-state index contributed by atoms with van der Waals surface area (Å²) < 4.78 is 0.899. The first kappa shape index (κ1) is 12.6. The summed E-state index contributed by atoms with van der Waals surface area (Å²) in [4.78, 5) is 0. The van der Waals surface area contributed by atoms with Gasteiger partial charge < -0.3 is 5.11 Å². The Bertz CT molecular complexity index is 539. The van der Waals surface area contributed by atoms with E-state index < -0.39 is 6.10 Å². The van der Waals surface area contributed by atoms with Gasteiger partial charge in [0.15, 0.2) is 0 Å². The van der Waals surface area contributed by atoms with Crippen LogP contribution in [0.3, 0.4) is 0 Å². The molecular formula is C14H12BrClO. The topological polar surface area (TPSA) is 20.2 Å². The van der Waals surface area contributed by atoms with Gasteiger partial charge in [-0.15, -0.1) is 0 Å². The van der Waals surface area contributed by atoms with E-state index >= 15 is 0 Å². The predicted molar refractivity (Wildman–Crippen MR) is 74.4 cm³/mol. The minimum absolute atomic E-state index is 0.630. The van der Waals surface area contributed by atoms with E-state index in [1.165, 1.54) is 0 Å². The van der Waals surface area contributed by atoms with Crippen molar-refractivity contribution in [1.82, 2.24) is 0 Å². The lowest BCUT2D eigenvalue weighted by Crippen LogP contribution is -2.01. The molecule has 0 aliphatic carbocycles. The molecule has 0 aromatic heterocycles. The summed E-state index contributed by atoms with van der Waals surface area (Å²) in [6.07, 6.45) is -0.664. The van der Waals surface area contributed by atoms with Crippen LogP contribution in [0.15, 0.2) is 46.9 Å². The zero-order valence-corrected chi connectivity index (χ0v) is 11.7. The quantitative estimate of drug-likeness (QED) is 0.866. The highest BCUT2D eigenvalue weighted by Gasteiger charge is 2.13. The SMILES string of the molecule is Cc1ccc(Br)c(C(O)c2cccc(Cl)c2)c1. The van der Waals surface area contributed by atoms with Gasteiger partial charge in [-0.2, -0.15) is 0 Å². The maximum absolute atomic E-state index is 10.3. The van der Waals surface area contributed by atoms with Gasteiger partial charge in [0.2, 0.25) is 0 Å². The first-order chi connectivity index (χ1) is 8.08. The molecule has 0 radical (unpaired) electrons. The summed E-state index contributed by atoms with van der Waals surface area (Å²) in [6.45, 7) is 2.00. The summed E-state index contributed by atoms with van der Waals surface area (Å²) in [5, 5.41) is 11.0. The van der Waals surface area contributed by atoms with E-state index in [1.54, 1.807) is 12.1 Å². The minimum Gasteiger partial charge on any atom is -0.384 e. The van der Waals surface area contributed by atoms with Gasteiger partial charge in [-0.3, -0.25) is 0 Å². The maximum Gasteiger partial charge on any atom is 0.105 e. The van der Waals surface area contributed by atoms with Crippen LogP contribution in [0.5, 0.6) is 0 Å². The van der Waals surface area contributed by atoms with Crippen molar-refractivity contribution in [3.63, 3.8) is 0 Å². The summed E-state index contributed by atoms with van der Waals surface area (Å²) >= 11 is 9.38. The predicted octanol–water partition coefficient (Wildman–Crippen LogP) is 4.49. The summed E-state index contributed by atoms with van der Waals surface area (Å²) in [7, 11) is 0. The van der Waals surface area contributed by atoms with Crippen molar-refractivity contribution in [2.45, 2.75) is 13.0 Å². The maximum atomic E-state index is 10.3. The van der Waals surface area contributed by atoms with Crippen LogP contribution in [-0.2, 0) is 0 Å². The molecule has 1 nitrogen and oxygen atoms in total. The Morgan fingerprint density at radius 3 is 2.65 bits per heavy atom. The molecule has 3 heteroatoms. The van der Waals surface area contributed by atoms with Crippen LogP contribution in [0.1, 0.15) is 22.8 Å². The van der Waals surface area contributed by atoms with Crippen LogP contribution in [0.2, 0.25) is 5.02 Å². The van der Waals surface area contributed by atoms with E-state index in [9.17, 15) is 5.11 Å². The van der Waals surface area contributed by atoms with Crippen LogP contribution in [0, 0.1) is 6.92 Å². The lowest BCUT2D eigenvalue weighted by atomic mass is 10.0. The van der Waals surface area contributed by atoms with Gasteiger partial charge >= 0.3 is 0 Å². The first-order valence-electron chi connectivity index (χ1n) is 5.27. The number of aliphatic hydroxyl groups is 1. The zero-order valence-electron chi connectivity index (χ0n) is 9.32. The van der Waals surface area contributed by atoms with Crippen molar-refractivity contribution < 1.29 is 5.11 Å². The van der Waals surface area contributed by atoms with Crippen LogP contribution in [-0.4, -0.2) is 5.11 Å². The van der Waals surface area contributed by atoms with Crippen LogP contribution < -0.4 is 0 Å². The second-order valence-electron chi connectivity index (χ2n) is 3.98. The van der Waals surface area contributed by atoms with E-state index in [-0.39, 0.29) is 0 Å². The lowest BCUT2D eigenvalue weighted by Gasteiger charge is -2.14. The highest BCUT2D eigenvalue weighted by molar-refractivity contribution is 9.10. The van der Waals surface area contributed by atoms with E-state index in [0.717, 1.165) is 21.2 Å². The van der Waals surface area contributed by atoms with Crippen LogP contribution >= 0.6 is 27.5 Å². The normalized spacial score (nSPS) is 12.5. The standard InChI is InChI=1S/C14H12BrClO/c1-9-5-6-13(15)12(7-9)14(17)10-3-2-4-11(16)8-10/h2-8,14,17H,1H3. The second-order valence-corrected chi connectivity index (χ2v) is 5.27. The molecule has 2 rings (SSSR count). The van der Waals surface area contributed by atoms with Crippen LogP contribution in [0.4, 0.5) is 0 Å². The van der Waals surface area contributed by atoms with E-state index in [2.05, 4.69) is 15.9 Å². The van der Waals surface area contributed by atoms with Crippen molar-refractivity contribution in [2.75, 3.05) is 0 Å². The highest BCUT2D eigenvalue weighted by atomic mass is 79.9. The molecule has 0 fully saturated rings. The van der Waals surface area contributed by atoms with E-state index in [4.69, 9.17) is 11.6 Å². The fraction of sp³-hybridized carbons (Fsp3) is 0.143. The fourth-order valence-corrected chi connectivity index (χ4v) is 2.39. The van der Waals surface area contributed by atoms with Crippen molar-refractivity contribution in [3.8, 4) is 0 Å². The first-order valence-corrected chi connectivity index (χ1v) is 6.44. The Morgan fingerprint density at radius 2 is 1.94 bits per heavy atom. The number of aryl methyl sites for hydroxylation is 1. The summed E-state index contributed by atoms with van der Waals surface area (Å²) in [5.74, 6) is 0. The molecule has 0 spiro atoms. The van der Waals surface area contributed by atoms with E-state index in [1.807, 2.05) is 37.3 Å². The Hall–Kier alpha value is -0.830. The molecule has 0 aliphatic heterocycles. The lowest BCUT2D eigenvalue weighted by molar-refractivity contribution is 0.219. The fourth-order valence-electron chi connectivity index (χ4n) is 1.73. The molecule has 0 bridgehead atoms. The molecule has 0 saturated carbocycles. The zero-order chi connectivity index (χ0) is 12.4. The smallest absolute Gasteiger partial charge is 0.105 e. The molecule has 88 valence electrons. The molecule has 1 unspecified atom stereocenters. The van der Waals surface area contributed by atoms with Gasteiger partial charge in [0, 0.05) is 9.50 Å². The monoisotopic (exact) mass is 310 g/mol. The molecular weight excluding hydrogens is 300 g/mol. The Balaban J connectivity index is 2.43. The molecule has 1 atom stereocenters. The molecule has 0 aliphatic rings. The number of halogens is 2. The Kier molecular flexibility index (Phi) is 3.87. The van der Waals surface area contributed by atoms with Gasteiger partial charge in [0.05, 0.1) is 0 Å². The molecule has 0 amide bonds. The highest BCUT2D eigenvalue weighted by Crippen LogP contribution is 2.30. The van der Waals surface area contributed by atoms with Gasteiger partial charge in [-0.1, -0.05) is 57.4 Å². The van der Waals surface area contributed by atoms with Crippen molar-refractivity contribution in [2.24, 2.45) is 0 Å². The van der Waals surface area contributed by atoms with Gasteiger partial charge in [0.1, 0.15) is 6.10 Å². The summed E-state index contributed by atoms with van der Waals surface area (Å²) in [5.41, 5.74) is 2.76. The van der Waals surface area contributed by atoms with Crippen molar-refractivity contribution in [1.29, 1.82) is 0 Å². The molecule has 1 N–H and O–H groups in total. The average Bonchev–Trinajstić information content (AvgIpc) is 2.31. The molecule has 2 aromatic rings. The third-order valence-electron chi connectivity index (χ3n) is 2.61. The molecule has 0 saturated heterocycles. The molecule has 0 heterocycles. The van der Waals surface area contributed by atoms with Gasteiger partial charge in [-0.05, 0) is 36.2 Å². The number of hydrogen-bond acceptors (Lipinski definition) is 1. The number of aliphatic hydroxyl groups excluding tert-OH is 1. The number of rotatable bonds is 2. The second kappa shape index (κ2) is 5.21.